The molecule has 1 aliphatic rings. The first kappa shape index (κ1) is 19.2. The van der Waals surface area contributed by atoms with Gasteiger partial charge in [-0.25, -0.2) is 0 Å². The van der Waals surface area contributed by atoms with Crippen molar-refractivity contribution in [3.05, 3.63) is 109 Å². The minimum atomic E-state index is 0.136. The van der Waals surface area contributed by atoms with E-state index in [1.165, 1.54) is 47.9 Å². The van der Waals surface area contributed by atoms with E-state index in [1.807, 2.05) is 12.2 Å². The molecule has 0 unspecified atom stereocenters. The van der Waals surface area contributed by atoms with Crippen molar-refractivity contribution >= 4 is 0 Å². The standard InChI is InChI=1S/C27H30/c1-3-5-7-9-15-21-27(22-16-10-8-6-4-2)25-19-13-11-17-23(25)24-18-12-14-20-26(24)27/h3-8,11-14,17-20H,1-2,9-10,15-16,21-22H2/b7-5-,8-6-. The molecule has 0 spiro atoms. The number of hydrogen-bond donors (Lipinski definition) is 0. The second kappa shape index (κ2) is 9.37. The second-order valence-electron chi connectivity index (χ2n) is 7.29. The van der Waals surface area contributed by atoms with Crippen molar-refractivity contribution in [2.75, 3.05) is 0 Å². The van der Waals surface area contributed by atoms with Gasteiger partial charge in [-0.1, -0.05) is 98.1 Å². The first-order chi connectivity index (χ1) is 13.3. The molecule has 0 saturated heterocycles. The lowest BCUT2D eigenvalue weighted by molar-refractivity contribution is 0.422. The van der Waals surface area contributed by atoms with Gasteiger partial charge in [-0.05, 0) is 60.8 Å². The predicted molar refractivity (Wildman–Crippen MR) is 119 cm³/mol. The first-order valence-corrected chi connectivity index (χ1v) is 10.1. The minimum Gasteiger partial charge on any atom is -0.0991 e. The van der Waals surface area contributed by atoms with E-state index in [0.29, 0.717) is 0 Å². The fraction of sp³-hybridized carbons (Fsp3) is 0.259. The lowest BCUT2D eigenvalue weighted by Gasteiger charge is -2.32. The van der Waals surface area contributed by atoms with Gasteiger partial charge in [0.05, 0.1) is 0 Å². The summed E-state index contributed by atoms with van der Waals surface area (Å²) in [7, 11) is 0. The maximum atomic E-state index is 3.77. The third kappa shape index (κ3) is 4.06. The Labute approximate surface area is 164 Å². The Morgan fingerprint density at radius 3 is 1.56 bits per heavy atom. The summed E-state index contributed by atoms with van der Waals surface area (Å²) < 4.78 is 0. The lowest BCUT2D eigenvalue weighted by Crippen LogP contribution is -2.25. The Morgan fingerprint density at radius 1 is 0.667 bits per heavy atom. The molecule has 0 nitrogen and oxygen atoms in total. The van der Waals surface area contributed by atoms with Crippen LogP contribution in [0.25, 0.3) is 11.1 Å². The van der Waals surface area contributed by atoms with Crippen LogP contribution < -0.4 is 0 Å². The Kier molecular flexibility index (Phi) is 6.65. The topological polar surface area (TPSA) is 0 Å². The Balaban J connectivity index is 1.93. The van der Waals surface area contributed by atoms with Gasteiger partial charge in [-0.2, -0.15) is 0 Å². The van der Waals surface area contributed by atoms with Gasteiger partial charge < -0.3 is 0 Å². The summed E-state index contributed by atoms with van der Waals surface area (Å²) in [6, 6.07) is 18.1. The van der Waals surface area contributed by atoms with Crippen LogP contribution in [0.1, 0.15) is 49.7 Å². The molecule has 27 heavy (non-hydrogen) atoms. The molecule has 2 aromatic rings. The molecule has 1 aliphatic carbocycles. The summed E-state index contributed by atoms with van der Waals surface area (Å²) in [5.41, 5.74) is 6.03. The van der Waals surface area contributed by atoms with Crippen LogP contribution in [0.2, 0.25) is 0 Å². The molecular weight excluding hydrogens is 324 g/mol. The number of rotatable bonds is 10. The monoisotopic (exact) mass is 354 g/mol. The van der Waals surface area contributed by atoms with Gasteiger partial charge in [0, 0.05) is 5.41 Å². The largest absolute Gasteiger partial charge is 0.0991 e. The molecule has 0 heteroatoms. The molecule has 0 aliphatic heterocycles. The molecule has 0 fully saturated rings. The van der Waals surface area contributed by atoms with Crippen molar-refractivity contribution in [1.29, 1.82) is 0 Å². The average Bonchev–Trinajstić information content (AvgIpc) is 2.99. The van der Waals surface area contributed by atoms with Gasteiger partial charge in [0.1, 0.15) is 0 Å². The molecule has 0 heterocycles. The zero-order valence-electron chi connectivity index (χ0n) is 16.2. The summed E-state index contributed by atoms with van der Waals surface area (Å²) in [5.74, 6) is 0. The van der Waals surface area contributed by atoms with E-state index in [2.05, 4.69) is 86.0 Å². The van der Waals surface area contributed by atoms with E-state index >= 15 is 0 Å². The van der Waals surface area contributed by atoms with Crippen molar-refractivity contribution in [1.82, 2.24) is 0 Å². The zero-order valence-corrected chi connectivity index (χ0v) is 16.2. The number of benzene rings is 2. The van der Waals surface area contributed by atoms with Gasteiger partial charge >= 0.3 is 0 Å². The maximum Gasteiger partial charge on any atom is 0.0215 e. The molecule has 0 amide bonds. The summed E-state index contributed by atoms with van der Waals surface area (Å²) in [6.07, 6.45) is 19.3. The number of allylic oxidation sites excluding steroid dienone is 6. The highest BCUT2D eigenvalue weighted by Crippen LogP contribution is 2.53. The van der Waals surface area contributed by atoms with E-state index in [4.69, 9.17) is 0 Å². The molecule has 0 atom stereocenters. The zero-order chi connectivity index (χ0) is 19.0. The molecule has 3 rings (SSSR count). The summed E-state index contributed by atoms with van der Waals surface area (Å²) in [4.78, 5) is 0. The van der Waals surface area contributed by atoms with Crippen LogP contribution in [0.15, 0.2) is 98.1 Å². The second-order valence-corrected chi connectivity index (χ2v) is 7.29. The van der Waals surface area contributed by atoms with Crippen molar-refractivity contribution in [3.8, 4) is 11.1 Å². The smallest absolute Gasteiger partial charge is 0.0215 e. The summed E-state index contributed by atoms with van der Waals surface area (Å²) >= 11 is 0. The van der Waals surface area contributed by atoms with E-state index < -0.39 is 0 Å². The Morgan fingerprint density at radius 2 is 1.11 bits per heavy atom. The van der Waals surface area contributed by atoms with Crippen LogP contribution in [-0.4, -0.2) is 0 Å². The molecule has 0 aromatic heterocycles. The van der Waals surface area contributed by atoms with Gasteiger partial charge in [0.2, 0.25) is 0 Å². The number of hydrogen-bond acceptors (Lipinski definition) is 0. The average molecular weight is 355 g/mol. The fourth-order valence-electron chi connectivity index (χ4n) is 4.51. The fourth-order valence-corrected chi connectivity index (χ4v) is 4.51. The number of unbranched alkanes of at least 4 members (excludes halogenated alkanes) is 2. The third-order valence-electron chi connectivity index (χ3n) is 5.67. The summed E-state index contributed by atoms with van der Waals surface area (Å²) in [6.45, 7) is 7.55. The van der Waals surface area contributed by atoms with Crippen LogP contribution in [-0.2, 0) is 5.41 Å². The quantitative estimate of drug-likeness (QED) is 0.302. The molecule has 138 valence electrons. The van der Waals surface area contributed by atoms with Crippen LogP contribution in [0.4, 0.5) is 0 Å². The van der Waals surface area contributed by atoms with E-state index in [9.17, 15) is 0 Å². The molecular formula is C27H30. The Hall–Kier alpha value is -2.60. The van der Waals surface area contributed by atoms with E-state index in [1.54, 1.807) is 0 Å². The Bertz CT molecular complexity index is 763. The normalized spacial score (nSPS) is 14.4. The van der Waals surface area contributed by atoms with Crippen LogP contribution >= 0.6 is 0 Å². The molecule has 2 aromatic carbocycles. The van der Waals surface area contributed by atoms with Gasteiger partial charge in [-0.3, -0.25) is 0 Å². The highest BCUT2D eigenvalue weighted by molar-refractivity contribution is 5.80. The van der Waals surface area contributed by atoms with Crippen LogP contribution in [0.5, 0.6) is 0 Å². The van der Waals surface area contributed by atoms with Gasteiger partial charge in [0.25, 0.3) is 0 Å². The maximum absolute atomic E-state index is 3.77. The highest BCUT2D eigenvalue weighted by Gasteiger charge is 2.41. The van der Waals surface area contributed by atoms with E-state index in [0.717, 1.165) is 12.8 Å². The van der Waals surface area contributed by atoms with Crippen molar-refractivity contribution in [2.45, 2.75) is 43.9 Å². The van der Waals surface area contributed by atoms with Gasteiger partial charge in [-0.15, -0.1) is 0 Å². The van der Waals surface area contributed by atoms with Crippen LogP contribution in [0.3, 0.4) is 0 Å². The third-order valence-corrected chi connectivity index (χ3v) is 5.67. The van der Waals surface area contributed by atoms with Gasteiger partial charge in [0.15, 0.2) is 0 Å². The number of fused-ring (bicyclic) bond motifs is 3. The lowest BCUT2D eigenvalue weighted by atomic mass is 9.71. The first-order valence-electron chi connectivity index (χ1n) is 10.1. The molecule has 0 radical (unpaired) electrons. The molecule has 0 bridgehead atoms. The molecule has 0 saturated carbocycles. The predicted octanol–water partition coefficient (Wildman–Crippen LogP) is 7.78. The van der Waals surface area contributed by atoms with Crippen molar-refractivity contribution < 1.29 is 0 Å². The minimum absolute atomic E-state index is 0.136. The molecule has 0 N–H and O–H groups in total. The SMILES string of the molecule is C=C/C=C\CCCC1(CCC/C=C\C=C)c2ccccc2-c2ccccc21. The summed E-state index contributed by atoms with van der Waals surface area (Å²) in [5, 5.41) is 0. The van der Waals surface area contributed by atoms with Crippen molar-refractivity contribution in [2.24, 2.45) is 0 Å². The van der Waals surface area contributed by atoms with E-state index in [-0.39, 0.29) is 5.41 Å². The van der Waals surface area contributed by atoms with Crippen molar-refractivity contribution in [3.63, 3.8) is 0 Å². The highest BCUT2D eigenvalue weighted by atomic mass is 14.4. The van der Waals surface area contributed by atoms with Crippen LogP contribution in [0, 0.1) is 0 Å².